The predicted molar refractivity (Wildman–Crippen MR) is 95.3 cm³/mol. The Kier molecular flexibility index (Phi) is 6.44. The molecule has 0 radical (unpaired) electrons. The summed E-state index contributed by atoms with van der Waals surface area (Å²) in [5.41, 5.74) is 0.127. The van der Waals surface area contributed by atoms with Crippen LogP contribution in [0.15, 0.2) is 29.2 Å². The van der Waals surface area contributed by atoms with Crippen molar-refractivity contribution >= 4 is 32.2 Å². The van der Waals surface area contributed by atoms with E-state index in [2.05, 4.69) is 22.4 Å². The highest BCUT2D eigenvalue weighted by molar-refractivity contribution is 7.91. The number of hydrogen-bond acceptors (Lipinski definition) is 6. The van der Waals surface area contributed by atoms with E-state index in [0.29, 0.717) is 5.13 Å². The molecule has 0 saturated heterocycles. The zero-order chi connectivity index (χ0) is 17.6. The van der Waals surface area contributed by atoms with Crippen molar-refractivity contribution in [3.63, 3.8) is 0 Å². The van der Waals surface area contributed by atoms with Crippen LogP contribution in [0, 0.1) is 0 Å². The van der Waals surface area contributed by atoms with Crippen molar-refractivity contribution in [2.45, 2.75) is 44.4 Å². The number of aryl methyl sites for hydroxylation is 1. The van der Waals surface area contributed by atoms with Crippen molar-refractivity contribution in [1.29, 1.82) is 0 Å². The van der Waals surface area contributed by atoms with Crippen molar-refractivity contribution in [3.05, 3.63) is 34.8 Å². The highest BCUT2D eigenvalue weighted by Gasteiger charge is 2.21. The summed E-state index contributed by atoms with van der Waals surface area (Å²) in [6.45, 7) is 3.69. The van der Waals surface area contributed by atoms with Crippen LogP contribution in [-0.4, -0.2) is 30.3 Å². The first-order chi connectivity index (χ1) is 11.5. The molecule has 8 heteroatoms. The minimum absolute atomic E-state index is 0.0395. The van der Waals surface area contributed by atoms with E-state index >= 15 is 0 Å². The van der Waals surface area contributed by atoms with Gasteiger partial charge in [-0.25, -0.2) is 8.42 Å². The highest BCUT2D eigenvalue weighted by atomic mass is 32.2. The van der Waals surface area contributed by atoms with Crippen LogP contribution >= 0.6 is 11.3 Å². The lowest BCUT2D eigenvalue weighted by molar-refractivity contribution is 0.102. The molecular weight excluding hydrogens is 346 g/mol. The van der Waals surface area contributed by atoms with Gasteiger partial charge in [0.25, 0.3) is 5.91 Å². The Bertz CT molecular complexity index is 800. The van der Waals surface area contributed by atoms with E-state index in [1.807, 2.05) is 0 Å². The predicted octanol–water partition coefficient (Wildman–Crippen LogP) is 3.32. The molecule has 0 bridgehead atoms. The third-order valence-electron chi connectivity index (χ3n) is 3.53. The lowest BCUT2D eigenvalue weighted by Crippen LogP contribution is -2.17. The minimum atomic E-state index is -3.47. The number of carbonyl (C=O) groups is 1. The number of anilines is 1. The number of unbranched alkanes of at least 4 members (excludes halogenated alkanes) is 2. The molecule has 24 heavy (non-hydrogen) atoms. The second kappa shape index (κ2) is 8.34. The number of rotatable bonds is 8. The van der Waals surface area contributed by atoms with Crippen LogP contribution in [0.1, 0.15) is 48.5 Å². The SMILES string of the molecule is CCCCCc1nnc(NC(=O)c2ccccc2S(=O)(=O)CC)s1. The molecule has 6 nitrogen and oxygen atoms in total. The maximum absolute atomic E-state index is 12.4. The van der Waals surface area contributed by atoms with E-state index in [-0.39, 0.29) is 16.2 Å². The summed E-state index contributed by atoms with van der Waals surface area (Å²) in [4.78, 5) is 12.5. The van der Waals surface area contributed by atoms with Gasteiger partial charge in [0.05, 0.1) is 16.2 Å². The molecule has 0 fully saturated rings. The average molecular weight is 367 g/mol. The molecule has 1 heterocycles. The number of aromatic nitrogens is 2. The Morgan fingerprint density at radius 1 is 1.17 bits per heavy atom. The molecule has 1 aromatic carbocycles. The van der Waals surface area contributed by atoms with Gasteiger partial charge in [-0.05, 0) is 18.6 Å². The number of sulfone groups is 1. The van der Waals surface area contributed by atoms with Crippen LogP contribution in [0.25, 0.3) is 0 Å². The van der Waals surface area contributed by atoms with Crippen molar-refractivity contribution in [2.75, 3.05) is 11.1 Å². The third-order valence-corrected chi connectivity index (χ3v) is 6.21. The Balaban J connectivity index is 2.14. The van der Waals surface area contributed by atoms with Crippen LogP contribution < -0.4 is 5.32 Å². The topological polar surface area (TPSA) is 89.0 Å². The monoisotopic (exact) mass is 367 g/mol. The summed E-state index contributed by atoms with van der Waals surface area (Å²) >= 11 is 1.32. The van der Waals surface area contributed by atoms with E-state index in [1.54, 1.807) is 19.1 Å². The van der Waals surface area contributed by atoms with Crippen LogP contribution in [0.3, 0.4) is 0 Å². The molecule has 0 aliphatic rings. The van der Waals surface area contributed by atoms with Crippen molar-refractivity contribution in [1.82, 2.24) is 10.2 Å². The molecule has 0 aliphatic carbocycles. The number of nitrogens with one attached hydrogen (secondary N) is 1. The van der Waals surface area contributed by atoms with Gasteiger partial charge < -0.3 is 0 Å². The Morgan fingerprint density at radius 2 is 1.92 bits per heavy atom. The summed E-state index contributed by atoms with van der Waals surface area (Å²) in [5, 5.41) is 11.9. The van der Waals surface area contributed by atoms with Gasteiger partial charge in [0.2, 0.25) is 5.13 Å². The average Bonchev–Trinajstić information content (AvgIpc) is 3.02. The van der Waals surface area contributed by atoms with Gasteiger partial charge >= 0.3 is 0 Å². The lowest BCUT2D eigenvalue weighted by atomic mass is 10.2. The van der Waals surface area contributed by atoms with Gasteiger partial charge in [0.1, 0.15) is 5.01 Å². The van der Waals surface area contributed by atoms with Gasteiger partial charge in [-0.15, -0.1) is 10.2 Å². The molecule has 2 aromatic rings. The Labute approximate surface area is 146 Å². The van der Waals surface area contributed by atoms with E-state index in [9.17, 15) is 13.2 Å². The minimum Gasteiger partial charge on any atom is -0.296 e. The molecule has 1 aromatic heterocycles. The van der Waals surface area contributed by atoms with Gasteiger partial charge in [0, 0.05) is 6.42 Å². The second-order valence-corrected chi connectivity index (χ2v) is 8.62. The molecule has 2 rings (SSSR count). The zero-order valence-electron chi connectivity index (χ0n) is 13.8. The maximum atomic E-state index is 12.4. The van der Waals surface area contributed by atoms with Gasteiger partial charge in [-0.1, -0.05) is 50.2 Å². The Hall–Kier alpha value is -1.80. The van der Waals surface area contributed by atoms with Crippen molar-refractivity contribution in [2.24, 2.45) is 0 Å². The molecule has 1 amide bonds. The van der Waals surface area contributed by atoms with Crippen molar-refractivity contribution < 1.29 is 13.2 Å². The summed E-state index contributed by atoms with van der Waals surface area (Å²) in [6, 6.07) is 6.20. The third kappa shape index (κ3) is 4.61. The molecule has 0 unspecified atom stereocenters. The molecule has 0 atom stereocenters. The molecule has 0 saturated carbocycles. The zero-order valence-corrected chi connectivity index (χ0v) is 15.4. The standard InChI is InChI=1S/C16H21N3O3S2/c1-3-5-6-11-14-18-19-16(23-14)17-15(20)12-9-7-8-10-13(12)24(21,22)4-2/h7-10H,3-6,11H2,1-2H3,(H,17,19,20). The summed E-state index contributed by atoms with van der Waals surface area (Å²) in [5.74, 6) is -0.545. The van der Waals surface area contributed by atoms with Crippen LogP contribution in [0.4, 0.5) is 5.13 Å². The number of hydrogen-bond donors (Lipinski definition) is 1. The number of benzene rings is 1. The maximum Gasteiger partial charge on any atom is 0.258 e. The summed E-state index contributed by atoms with van der Waals surface area (Å²) < 4.78 is 24.2. The van der Waals surface area contributed by atoms with E-state index in [1.165, 1.54) is 23.5 Å². The van der Waals surface area contributed by atoms with Crippen LogP contribution in [0.5, 0.6) is 0 Å². The summed E-state index contributed by atoms with van der Waals surface area (Å²) in [6.07, 6.45) is 4.13. The molecule has 0 spiro atoms. The molecule has 0 aliphatic heterocycles. The van der Waals surface area contributed by atoms with Gasteiger partial charge in [-0.3, -0.25) is 10.1 Å². The van der Waals surface area contributed by atoms with E-state index in [4.69, 9.17) is 0 Å². The highest BCUT2D eigenvalue weighted by Crippen LogP contribution is 2.21. The fraction of sp³-hybridized carbons (Fsp3) is 0.438. The lowest BCUT2D eigenvalue weighted by Gasteiger charge is -2.08. The Morgan fingerprint density at radius 3 is 2.62 bits per heavy atom. The second-order valence-electron chi connectivity index (χ2n) is 5.31. The molecule has 1 N–H and O–H groups in total. The normalized spacial score (nSPS) is 11.4. The van der Waals surface area contributed by atoms with E-state index in [0.717, 1.165) is 30.7 Å². The van der Waals surface area contributed by atoms with Gasteiger partial charge in [0.15, 0.2) is 9.84 Å². The summed E-state index contributed by atoms with van der Waals surface area (Å²) in [7, 11) is -3.47. The quantitative estimate of drug-likeness (QED) is 0.723. The van der Waals surface area contributed by atoms with E-state index < -0.39 is 15.7 Å². The fourth-order valence-corrected chi connectivity index (χ4v) is 4.05. The van der Waals surface area contributed by atoms with Crippen LogP contribution in [0.2, 0.25) is 0 Å². The first-order valence-corrected chi connectivity index (χ1v) is 10.4. The first kappa shape index (κ1) is 18.5. The molecule has 130 valence electrons. The number of amides is 1. The molecular formula is C16H21N3O3S2. The largest absolute Gasteiger partial charge is 0.296 e. The smallest absolute Gasteiger partial charge is 0.258 e. The van der Waals surface area contributed by atoms with Crippen LogP contribution in [-0.2, 0) is 16.3 Å². The van der Waals surface area contributed by atoms with Crippen molar-refractivity contribution in [3.8, 4) is 0 Å². The van der Waals surface area contributed by atoms with Gasteiger partial charge in [-0.2, -0.15) is 0 Å². The fourth-order valence-electron chi connectivity index (χ4n) is 2.18. The number of nitrogens with zero attached hydrogens (tertiary/aromatic N) is 2. The first-order valence-electron chi connectivity index (χ1n) is 7.93. The number of carbonyl (C=O) groups excluding carboxylic acids is 1.